The van der Waals surface area contributed by atoms with Crippen molar-refractivity contribution in [1.82, 2.24) is 10.3 Å². The maximum atomic E-state index is 5.95. The first-order valence-electron chi connectivity index (χ1n) is 5.37. The van der Waals surface area contributed by atoms with Gasteiger partial charge >= 0.3 is 0 Å². The summed E-state index contributed by atoms with van der Waals surface area (Å²) in [4.78, 5) is 3.17. The number of aromatic amines is 1. The zero-order chi connectivity index (χ0) is 11.4. The SMILES string of the molecule is C[C@H](NCc1ccc[nH]1)c1cccc(Cl)c1. The first kappa shape index (κ1) is 11.2. The Hall–Kier alpha value is -1.25. The summed E-state index contributed by atoms with van der Waals surface area (Å²) in [5.41, 5.74) is 2.40. The molecule has 2 aromatic rings. The maximum Gasteiger partial charge on any atom is 0.0409 e. The molecule has 0 aliphatic heterocycles. The molecule has 2 N–H and O–H groups in total. The van der Waals surface area contributed by atoms with Crippen LogP contribution in [0.2, 0.25) is 5.02 Å². The Morgan fingerprint density at radius 2 is 2.19 bits per heavy atom. The molecular formula is C13H15ClN2. The highest BCUT2D eigenvalue weighted by molar-refractivity contribution is 6.30. The second-order valence-electron chi connectivity index (χ2n) is 3.85. The van der Waals surface area contributed by atoms with E-state index in [4.69, 9.17) is 11.6 Å². The fourth-order valence-corrected chi connectivity index (χ4v) is 1.83. The molecule has 3 heteroatoms. The molecule has 2 nitrogen and oxygen atoms in total. The molecule has 16 heavy (non-hydrogen) atoms. The van der Waals surface area contributed by atoms with Gasteiger partial charge in [-0.25, -0.2) is 0 Å². The Morgan fingerprint density at radius 1 is 1.31 bits per heavy atom. The molecule has 1 heterocycles. The molecule has 0 aliphatic rings. The molecule has 0 spiro atoms. The maximum absolute atomic E-state index is 5.95. The Kier molecular flexibility index (Phi) is 3.65. The number of nitrogens with one attached hydrogen (secondary N) is 2. The Bertz CT molecular complexity index is 437. The molecule has 0 radical (unpaired) electrons. The van der Waals surface area contributed by atoms with Crippen molar-refractivity contribution in [3.05, 3.63) is 58.9 Å². The Balaban J connectivity index is 1.95. The van der Waals surface area contributed by atoms with Crippen molar-refractivity contribution in [1.29, 1.82) is 0 Å². The van der Waals surface area contributed by atoms with Crippen molar-refractivity contribution < 1.29 is 0 Å². The van der Waals surface area contributed by atoms with Crippen LogP contribution in [0.25, 0.3) is 0 Å². The molecule has 0 fully saturated rings. The fourth-order valence-electron chi connectivity index (χ4n) is 1.63. The summed E-state index contributed by atoms with van der Waals surface area (Å²) in [6.07, 6.45) is 1.93. The summed E-state index contributed by atoms with van der Waals surface area (Å²) < 4.78 is 0. The van der Waals surface area contributed by atoms with Crippen LogP contribution in [0.5, 0.6) is 0 Å². The lowest BCUT2D eigenvalue weighted by atomic mass is 10.1. The van der Waals surface area contributed by atoms with E-state index < -0.39 is 0 Å². The van der Waals surface area contributed by atoms with Gasteiger partial charge in [0.15, 0.2) is 0 Å². The minimum absolute atomic E-state index is 0.294. The van der Waals surface area contributed by atoms with E-state index in [0.29, 0.717) is 6.04 Å². The molecular weight excluding hydrogens is 220 g/mol. The number of hydrogen-bond acceptors (Lipinski definition) is 1. The smallest absolute Gasteiger partial charge is 0.0409 e. The number of hydrogen-bond donors (Lipinski definition) is 2. The van der Waals surface area contributed by atoms with E-state index in [0.717, 1.165) is 11.6 Å². The highest BCUT2D eigenvalue weighted by atomic mass is 35.5. The molecule has 0 saturated carbocycles. The zero-order valence-corrected chi connectivity index (χ0v) is 9.96. The molecule has 0 unspecified atom stereocenters. The lowest BCUT2D eigenvalue weighted by Gasteiger charge is -2.13. The van der Waals surface area contributed by atoms with Gasteiger partial charge in [0.05, 0.1) is 0 Å². The van der Waals surface area contributed by atoms with Crippen molar-refractivity contribution >= 4 is 11.6 Å². The summed E-state index contributed by atoms with van der Waals surface area (Å²) in [5.74, 6) is 0. The first-order chi connectivity index (χ1) is 7.75. The number of benzene rings is 1. The van der Waals surface area contributed by atoms with Crippen molar-refractivity contribution in [2.45, 2.75) is 19.5 Å². The van der Waals surface area contributed by atoms with Crippen molar-refractivity contribution in [3.63, 3.8) is 0 Å². The van der Waals surface area contributed by atoms with Gasteiger partial charge in [0.1, 0.15) is 0 Å². The number of halogens is 1. The third kappa shape index (κ3) is 2.87. The summed E-state index contributed by atoms with van der Waals surface area (Å²) in [5, 5.41) is 4.22. The lowest BCUT2D eigenvalue weighted by Crippen LogP contribution is -2.18. The van der Waals surface area contributed by atoms with Gasteiger partial charge in [-0.3, -0.25) is 0 Å². The van der Waals surface area contributed by atoms with E-state index in [1.165, 1.54) is 11.3 Å². The van der Waals surface area contributed by atoms with Crippen LogP contribution in [0.15, 0.2) is 42.6 Å². The van der Waals surface area contributed by atoms with Gasteiger partial charge in [0.25, 0.3) is 0 Å². The minimum atomic E-state index is 0.294. The van der Waals surface area contributed by atoms with Crippen LogP contribution in [0.3, 0.4) is 0 Å². The van der Waals surface area contributed by atoms with Gasteiger partial charge < -0.3 is 10.3 Å². The van der Waals surface area contributed by atoms with Crippen LogP contribution >= 0.6 is 11.6 Å². The summed E-state index contributed by atoms with van der Waals surface area (Å²) in [7, 11) is 0. The predicted octanol–water partition coefficient (Wildman–Crippen LogP) is 3.52. The second kappa shape index (κ2) is 5.19. The minimum Gasteiger partial charge on any atom is -0.364 e. The molecule has 1 aromatic carbocycles. The van der Waals surface area contributed by atoms with Gasteiger partial charge in [0.2, 0.25) is 0 Å². The standard InChI is InChI=1S/C13H15ClN2/c1-10(11-4-2-5-12(14)8-11)16-9-13-6-3-7-15-13/h2-8,10,15-16H,9H2,1H3/t10-/m0/s1. The monoisotopic (exact) mass is 234 g/mol. The molecule has 1 aromatic heterocycles. The quantitative estimate of drug-likeness (QED) is 0.833. The van der Waals surface area contributed by atoms with Gasteiger partial charge in [-0.15, -0.1) is 0 Å². The van der Waals surface area contributed by atoms with Gasteiger partial charge in [0, 0.05) is 29.5 Å². The normalized spacial score (nSPS) is 12.6. The second-order valence-corrected chi connectivity index (χ2v) is 4.29. The lowest BCUT2D eigenvalue weighted by molar-refractivity contribution is 0.569. The van der Waals surface area contributed by atoms with Crippen LogP contribution in [-0.4, -0.2) is 4.98 Å². The van der Waals surface area contributed by atoms with E-state index >= 15 is 0 Å². The van der Waals surface area contributed by atoms with Gasteiger partial charge in [-0.1, -0.05) is 23.7 Å². The van der Waals surface area contributed by atoms with E-state index in [9.17, 15) is 0 Å². The highest BCUT2D eigenvalue weighted by Crippen LogP contribution is 2.17. The van der Waals surface area contributed by atoms with Crippen molar-refractivity contribution in [2.24, 2.45) is 0 Å². The molecule has 2 rings (SSSR count). The molecule has 0 saturated heterocycles. The first-order valence-corrected chi connectivity index (χ1v) is 5.74. The zero-order valence-electron chi connectivity index (χ0n) is 9.20. The van der Waals surface area contributed by atoms with Crippen molar-refractivity contribution in [2.75, 3.05) is 0 Å². The summed E-state index contributed by atoms with van der Waals surface area (Å²) >= 11 is 5.95. The van der Waals surface area contributed by atoms with E-state index in [1.54, 1.807) is 0 Å². The van der Waals surface area contributed by atoms with Crippen LogP contribution in [0.1, 0.15) is 24.2 Å². The van der Waals surface area contributed by atoms with E-state index in [2.05, 4.69) is 29.4 Å². The van der Waals surface area contributed by atoms with Crippen LogP contribution in [0.4, 0.5) is 0 Å². The molecule has 1 atom stereocenters. The molecule has 0 amide bonds. The van der Waals surface area contributed by atoms with Gasteiger partial charge in [-0.05, 0) is 36.8 Å². The fraction of sp³-hybridized carbons (Fsp3) is 0.231. The van der Waals surface area contributed by atoms with Gasteiger partial charge in [-0.2, -0.15) is 0 Å². The van der Waals surface area contributed by atoms with Crippen LogP contribution in [0, 0.1) is 0 Å². The molecule has 84 valence electrons. The number of aromatic nitrogens is 1. The Morgan fingerprint density at radius 3 is 2.88 bits per heavy atom. The largest absolute Gasteiger partial charge is 0.364 e. The average Bonchev–Trinajstić information content (AvgIpc) is 2.78. The summed E-state index contributed by atoms with van der Waals surface area (Å²) in [6.45, 7) is 2.97. The van der Waals surface area contributed by atoms with Crippen molar-refractivity contribution in [3.8, 4) is 0 Å². The topological polar surface area (TPSA) is 27.8 Å². The van der Waals surface area contributed by atoms with Crippen LogP contribution < -0.4 is 5.32 Å². The third-order valence-corrected chi connectivity index (χ3v) is 2.84. The highest BCUT2D eigenvalue weighted by Gasteiger charge is 2.05. The predicted molar refractivity (Wildman–Crippen MR) is 67.5 cm³/mol. The molecule has 0 bridgehead atoms. The van der Waals surface area contributed by atoms with E-state index in [1.807, 2.05) is 30.5 Å². The third-order valence-electron chi connectivity index (χ3n) is 2.61. The molecule has 0 aliphatic carbocycles. The number of rotatable bonds is 4. The average molecular weight is 235 g/mol. The number of H-pyrrole nitrogens is 1. The van der Waals surface area contributed by atoms with E-state index in [-0.39, 0.29) is 0 Å². The van der Waals surface area contributed by atoms with Crippen LogP contribution in [-0.2, 0) is 6.54 Å². The Labute approximate surface area is 101 Å². The summed E-state index contributed by atoms with van der Waals surface area (Å²) in [6, 6.07) is 12.3.